The Kier molecular flexibility index (Phi) is 4.66. The number of nitrogens with one attached hydrogen (secondary N) is 1. The SMILES string of the molecule is CCSc1ccc(C(=O)Nc2nnc(-c3cc(C)nn3C)o2)cc1. The molecule has 8 heteroatoms. The van der Waals surface area contributed by atoms with Crippen LogP contribution < -0.4 is 5.32 Å². The lowest BCUT2D eigenvalue weighted by atomic mass is 10.2. The highest BCUT2D eigenvalue weighted by molar-refractivity contribution is 7.99. The summed E-state index contributed by atoms with van der Waals surface area (Å²) in [5.41, 5.74) is 2.08. The fraction of sp³-hybridized carbons (Fsp3) is 0.250. The molecule has 0 fully saturated rings. The predicted molar refractivity (Wildman–Crippen MR) is 92.0 cm³/mol. The van der Waals surface area contributed by atoms with Gasteiger partial charge in [-0.1, -0.05) is 12.0 Å². The summed E-state index contributed by atoms with van der Waals surface area (Å²) < 4.78 is 7.15. The van der Waals surface area contributed by atoms with Crippen LogP contribution in [0.5, 0.6) is 0 Å². The number of carbonyl (C=O) groups excluding carboxylic acids is 1. The van der Waals surface area contributed by atoms with Crippen LogP contribution in [0, 0.1) is 6.92 Å². The number of carbonyl (C=O) groups is 1. The van der Waals surface area contributed by atoms with Crippen LogP contribution in [0.3, 0.4) is 0 Å². The number of thioether (sulfide) groups is 1. The summed E-state index contributed by atoms with van der Waals surface area (Å²) in [6, 6.07) is 9.27. The molecule has 1 N–H and O–H groups in total. The van der Waals surface area contributed by atoms with E-state index in [-0.39, 0.29) is 11.9 Å². The first-order valence-electron chi connectivity index (χ1n) is 7.45. The van der Waals surface area contributed by atoms with E-state index in [0.29, 0.717) is 17.1 Å². The minimum Gasteiger partial charge on any atom is -0.401 e. The van der Waals surface area contributed by atoms with Crippen LogP contribution in [-0.2, 0) is 7.05 Å². The number of hydrogen-bond donors (Lipinski definition) is 1. The fourth-order valence-corrected chi connectivity index (χ4v) is 2.89. The van der Waals surface area contributed by atoms with Crippen molar-refractivity contribution in [1.82, 2.24) is 20.0 Å². The molecule has 0 aliphatic heterocycles. The Morgan fingerprint density at radius 1 is 1.29 bits per heavy atom. The first-order valence-corrected chi connectivity index (χ1v) is 8.44. The highest BCUT2D eigenvalue weighted by Crippen LogP contribution is 2.21. The van der Waals surface area contributed by atoms with E-state index in [1.165, 1.54) is 0 Å². The molecule has 0 spiro atoms. The van der Waals surface area contributed by atoms with E-state index in [9.17, 15) is 4.79 Å². The van der Waals surface area contributed by atoms with Gasteiger partial charge in [-0.05, 0) is 43.0 Å². The van der Waals surface area contributed by atoms with E-state index in [1.807, 2.05) is 25.1 Å². The molecule has 0 saturated heterocycles. The topological polar surface area (TPSA) is 85.8 Å². The highest BCUT2D eigenvalue weighted by atomic mass is 32.2. The fourth-order valence-electron chi connectivity index (χ4n) is 2.23. The largest absolute Gasteiger partial charge is 0.401 e. The van der Waals surface area contributed by atoms with Crippen LogP contribution in [0.2, 0.25) is 0 Å². The Morgan fingerprint density at radius 3 is 2.67 bits per heavy atom. The van der Waals surface area contributed by atoms with Gasteiger partial charge in [-0.2, -0.15) is 5.10 Å². The number of rotatable bonds is 5. The summed E-state index contributed by atoms with van der Waals surface area (Å²) >= 11 is 1.72. The van der Waals surface area contributed by atoms with Gasteiger partial charge in [0.15, 0.2) is 0 Å². The molecule has 124 valence electrons. The molecule has 1 amide bonds. The Hall–Kier alpha value is -2.61. The molecule has 0 bridgehead atoms. The minimum atomic E-state index is -0.292. The number of anilines is 1. The molecule has 0 atom stereocenters. The summed E-state index contributed by atoms with van der Waals surface area (Å²) in [7, 11) is 1.79. The molecule has 0 unspecified atom stereocenters. The van der Waals surface area contributed by atoms with Crippen LogP contribution in [0.4, 0.5) is 6.01 Å². The lowest BCUT2D eigenvalue weighted by Crippen LogP contribution is -2.11. The second-order valence-corrected chi connectivity index (χ2v) is 6.46. The maximum atomic E-state index is 12.2. The van der Waals surface area contributed by atoms with E-state index in [1.54, 1.807) is 35.6 Å². The average Bonchev–Trinajstić information content (AvgIpc) is 3.14. The third kappa shape index (κ3) is 3.48. The molecule has 0 aliphatic carbocycles. The van der Waals surface area contributed by atoms with Gasteiger partial charge >= 0.3 is 6.01 Å². The lowest BCUT2D eigenvalue weighted by Gasteiger charge is -2.02. The second kappa shape index (κ2) is 6.88. The van der Waals surface area contributed by atoms with Crippen LogP contribution >= 0.6 is 11.8 Å². The van der Waals surface area contributed by atoms with Crippen LogP contribution in [0.1, 0.15) is 23.0 Å². The maximum Gasteiger partial charge on any atom is 0.322 e. The van der Waals surface area contributed by atoms with Gasteiger partial charge in [0.25, 0.3) is 11.8 Å². The van der Waals surface area contributed by atoms with E-state index in [4.69, 9.17) is 4.42 Å². The number of aromatic nitrogens is 4. The molecule has 0 radical (unpaired) electrons. The van der Waals surface area contributed by atoms with Crippen molar-refractivity contribution < 1.29 is 9.21 Å². The van der Waals surface area contributed by atoms with Gasteiger partial charge in [0.1, 0.15) is 5.69 Å². The van der Waals surface area contributed by atoms with Gasteiger partial charge in [0.05, 0.1) is 5.69 Å². The highest BCUT2D eigenvalue weighted by Gasteiger charge is 2.15. The molecule has 3 rings (SSSR count). The van der Waals surface area contributed by atoms with Gasteiger partial charge in [-0.15, -0.1) is 16.9 Å². The van der Waals surface area contributed by atoms with Crippen molar-refractivity contribution >= 4 is 23.7 Å². The predicted octanol–water partition coefficient (Wildman–Crippen LogP) is 3.14. The Balaban J connectivity index is 1.72. The van der Waals surface area contributed by atoms with Crippen molar-refractivity contribution in [3.8, 4) is 11.6 Å². The van der Waals surface area contributed by atoms with Gasteiger partial charge < -0.3 is 4.42 Å². The van der Waals surface area contributed by atoms with Gasteiger partial charge in [0.2, 0.25) is 0 Å². The summed E-state index contributed by atoms with van der Waals surface area (Å²) in [5, 5.41) is 14.7. The minimum absolute atomic E-state index is 0.0564. The second-order valence-electron chi connectivity index (χ2n) is 5.12. The molecular formula is C16H17N5O2S. The third-order valence-electron chi connectivity index (χ3n) is 3.29. The lowest BCUT2D eigenvalue weighted by molar-refractivity contribution is 0.102. The van der Waals surface area contributed by atoms with Gasteiger partial charge in [-0.25, -0.2) is 0 Å². The molecule has 2 aromatic heterocycles. The smallest absolute Gasteiger partial charge is 0.322 e. The molecule has 2 heterocycles. The van der Waals surface area contributed by atoms with Crippen LogP contribution in [0.25, 0.3) is 11.6 Å². The van der Waals surface area contributed by atoms with Crippen molar-refractivity contribution in [2.45, 2.75) is 18.7 Å². The number of hydrogen-bond acceptors (Lipinski definition) is 6. The molecular weight excluding hydrogens is 326 g/mol. The Labute approximate surface area is 143 Å². The van der Waals surface area contributed by atoms with E-state index in [2.05, 4.69) is 27.5 Å². The summed E-state index contributed by atoms with van der Waals surface area (Å²) in [5.74, 6) is 1.01. The number of aryl methyl sites for hydroxylation is 2. The number of amides is 1. The number of benzene rings is 1. The molecule has 0 aliphatic rings. The molecule has 7 nitrogen and oxygen atoms in total. The quantitative estimate of drug-likeness (QED) is 0.716. The van der Waals surface area contributed by atoms with E-state index < -0.39 is 0 Å². The Morgan fingerprint density at radius 2 is 2.04 bits per heavy atom. The van der Waals surface area contributed by atoms with Crippen molar-refractivity contribution in [1.29, 1.82) is 0 Å². The first-order chi connectivity index (χ1) is 11.6. The van der Waals surface area contributed by atoms with Crippen LogP contribution in [-0.4, -0.2) is 31.6 Å². The summed E-state index contributed by atoms with van der Waals surface area (Å²) in [6.07, 6.45) is 0. The van der Waals surface area contributed by atoms with Gasteiger partial charge in [-0.3, -0.25) is 14.8 Å². The zero-order valence-corrected chi connectivity index (χ0v) is 14.4. The van der Waals surface area contributed by atoms with Gasteiger partial charge in [0, 0.05) is 17.5 Å². The third-order valence-corrected chi connectivity index (χ3v) is 4.19. The normalized spacial score (nSPS) is 10.8. The van der Waals surface area contributed by atoms with Crippen LogP contribution in [0.15, 0.2) is 39.6 Å². The van der Waals surface area contributed by atoms with Crippen molar-refractivity contribution in [3.63, 3.8) is 0 Å². The summed E-state index contributed by atoms with van der Waals surface area (Å²) in [4.78, 5) is 13.4. The maximum absolute atomic E-state index is 12.2. The molecule has 0 saturated carbocycles. The molecule has 1 aromatic carbocycles. The van der Waals surface area contributed by atoms with E-state index >= 15 is 0 Å². The van der Waals surface area contributed by atoms with Crippen molar-refractivity contribution in [3.05, 3.63) is 41.6 Å². The zero-order chi connectivity index (χ0) is 17.1. The van der Waals surface area contributed by atoms with E-state index in [0.717, 1.165) is 16.3 Å². The molecule has 3 aromatic rings. The Bertz CT molecular complexity index is 854. The number of nitrogens with zero attached hydrogens (tertiary/aromatic N) is 4. The average molecular weight is 343 g/mol. The standard InChI is InChI=1S/C16H17N5O2S/c1-4-24-12-7-5-11(6-8-12)14(22)17-16-19-18-15(23-16)13-9-10(2)20-21(13)3/h5-9H,4H2,1-3H3,(H,17,19,22). The zero-order valence-electron chi connectivity index (χ0n) is 13.6. The van der Waals surface area contributed by atoms with Crippen molar-refractivity contribution in [2.75, 3.05) is 11.1 Å². The first kappa shape index (κ1) is 16.3. The monoisotopic (exact) mass is 343 g/mol. The van der Waals surface area contributed by atoms with Crippen molar-refractivity contribution in [2.24, 2.45) is 7.05 Å². The summed E-state index contributed by atoms with van der Waals surface area (Å²) in [6.45, 7) is 3.96. The molecule has 24 heavy (non-hydrogen) atoms.